The summed E-state index contributed by atoms with van der Waals surface area (Å²) in [6.07, 6.45) is 6.85. The van der Waals surface area contributed by atoms with E-state index in [-0.39, 0.29) is 11.8 Å². The maximum absolute atomic E-state index is 12.6. The van der Waals surface area contributed by atoms with Crippen LogP contribution in [0.5, 0.6) is 0 Å². The molecule has 4 rings (SSSR count). The first-order valence-electron chi connectivity index (χ1n) is 9.34. The van der Waals surface area contributed by atoms with Crippen molar-refractivity contribution < 1.29 is 9.59 Å². The number of carbonyl (C=O) groups excluding carboxylic acids is 2. The third-order valence-electron chi connectivity index (χ3n) is 4.65. The molecule has 0 fully saturated rings. The number of aromatic amines is 1. The van der Waals surface area contributed by atoms with Crippen molar-refractivity contribution in [2.24, 2.45) is 0 Å². The molecule has 146 valence electrons. The lowest BCUT2D eigenvalue weighted by Gasteiger charge is -2.08. The Labute approximate surface area is 172 Å². The third kappa shape index (κ3) is 4.35. The lowest BCUT2D eigenvalue weighted by atomic mass is 10.1. The summed E-state index contributed by atoms with van der Waals surface area (Å²) in [4.78, 5) is 32.5. The number of nitrogens with one attached hydrogen (secondary N) is 3. The van der Waals surface area contributed by atoms with Crippen molar-refractivity contribution in [3.05, 3.63) is 82.4 Å². The number of anilines is 1. The number of fused-ring (bicyclic) bond motifs is 1. The van der Waals surface area contributed by atoms with Gasteiger partial charge in [-0.15, -0.1) is 11.3 Å². The molecule has 4 aromatic rings. The first kappa shape index (κ1) is 18.9. The van der Waals surface area contributed by atoms with Crippen LogP contribution in [0.3, 0.4) is 0 Å². The molecule has 0 aliphatic carbocycles. The number of hydrogen-bond acceptors (Lipinski definition) is 4. The Morgan fingerprint density at radius 2 is 1.86 bits per heavy atom. The zero-order valence-corrected chi connectivity index (χ0v) is 16.5. The van der Waals surface area contributed by atoms with Crippen LogP contribution in [0.4, 0.5) is 5.69 Å². The van der Waals surface area contributed by atoms with Crippen LogP contribution in [0.2, 0.25) is 0 Å². The predicted octanol–water partition coefficient (Wildman–Crippen LogP) is 4.24. The van der Waals surface area contributed by atoms with E-state index in [1.165, 1.54) is 22.3 Å². The molecule has 29 heavy (non-hydrogen) atoms. The Bertz CT molecular complexity index is 1130. The molecule has 3 heterocycles. The molecule has 0 aliphatic rings. The SMILES string of the molecule is O=C(Nc1ccsc1C(=O)NCCCc1c[nH]c2ccccc12)c1ccncc1. The Morgan fingerprint density at radius 3 is 2.72 bits per heavy atom. The Morgan fingerprint density at radius 1 is 1.03 bits per heavy atom. The van der Waals surface area contributed by atoms with Crippen molar-refractivity contribution in [2.75, 3.05) is 11.9 Å². The minimum atomic E-state index is -0.265. The summed E-state index contributed by atoms with van der Waals surface area (Å²) < 4.78 is 0. The van der Waals surface area contributed by atoms with Gasteiger partial charge in [0.2, 0.25) is 0 Å². The number of aromatic nitrogens is 2. The monoisotopic (exact) mass is 404 g/mol. The van der Waals surface area contributed by atoms with E-state index in [4.69, 9.17) is 0 Å². The normalized spacial score (nSPS) is 10.8. The predicted molar refractivity (Wildman–Crippen MR) is 115 cm³/mol. The zero-order valence-electron chi connectivity index (χ0n) is 15.6. The van der Waals surface area contributed by atoms with Gasteiger partial charge in [-0.05, 0) is 48.1 Å². The average Bonchev–Trinajstić information content (AvgIpc) is 3.39. The molecular formula is C22H20N4O2S. The van der Waals surface area contributed by atoms with Gasteiger partial charge in [-0.3, -0.25) is 14.6 Å². The molecule has 0 spiro atoms. The lowest BCUT2D eigenvalue weighted by molar-refractivity contribution is 0.0958. The highest BCUT2D eigenvalue weighted by molar-refractivity contribution is 7.12. The van der Waals surface area contributed by atoms with Crippen LogP contribution in [0.15, 0.2) is 66.4 Å². The van der Waals surface area contributed by atoms with Crippen LogP contribution in [0.1, 0.15) is 32.0 Å². The van der Waals surface area contributed by atoms with Crippen LogP contribution >= 0.6 is 11.3 Å². The van der Waals surface area contributed by atoms with Gasteiger partial charge in [0.05, 0.1) is 5.69 Å². The van der Waals surface area contributed by atoms with Crippen LogP contribution in [0, 0.1) is 0 Å². The summed E-state index contributed by atoms with van der Waals surface area (Å²) in [6.45, 7) is 0.563. The Balaban J connectivity index is 1.31. The van der Waals surface area contributed by atoms with Crippen molar-refractivity contribution in [1.29, 1.82) is 0 Å². The summed E-state index contributed by atoms with van der Waals surface area (Å²) >= 11 is 1.31. The highest BCUT2D eigenvalue weighted by atomic mass is 32.1. The summed E-state index contributed by atoms with van der Waals surface area (Å²) in [5.74, 6) is -0.442. The van der Waals surface area contributed by atoms with Crippen LogP contribution in [-0.2, 0) is 6.42 Å². The molecule has 0 bridgehead atoms. The minimum absolute atomic E-state index is 0.177. The number of carbonyl (C=O) groups is 2. The maximum atomic E-state index is 12.6. The molecule has 0 aliphatic heterocycles. The number of pyridine rings is 1. The summed E-state index contributed by atoms with van der Waals surface area (Å²) in [5.41, 5.74) is 3.39. The number of nitrogens with zero attached hydrogens (tertiary/aromatic N) is 1. The molecule has 0 atom stereocenters. The first-order valence-corrected chi connectivity index (χ1v) is 10.2. The number of rotatable bonds is 7. The molecule has 0 saturated heterocycles. The maximum Gasteiger partial charge on any atom is 0.263 e. The molecule has 1 aromatic carbocycles. The van der Waals surface area contributed by atoms with E-state index in [1.54, 1.807) is 36.0 Å². The summed E-state index contributed by atoms with van der Waals surface area (Å²) in [6, 6.07) is 13.2. The molecule has 3 N–H and O–H groups in total. The highest BCUT2D eigenvalue weighted by Gasteiger charge is 2.15. The van der Waals surface area contributed by atoms with Gasteiger partial charge in [-0.25, -0.2) is 0 Å². The van der Waals surface area contributed by atoms with Gasteiger partial charge in [0, 0.05) is 41.6 Å². The van der Waals surface area contributed by atoms with Gasteiger partial charge < -0.3 is 15.6 Å². The van der Waals surface area contributed by atoms with Gasteiger partial charge in [-0.2, -0.15) is 0 Å². The second-order valence-electron chi connectivity index (χ2n) is 6.57. The second kappa shape index (κ2) is 8.70. The lowest BCUT2D eigenvalue weighted by Crippen LogP contribution is -2.25. The van der Waals surface area contributed by atoms with Crippen molar-refractivity contribution in [1.82, 2.24) is 15.3 Å². The number of para-hydroxylation sites is 1. The van der Waals surface area contributed by atoms with Gasteiger partial charge in [-0.1, -0.05) is 18.2 Å². The third-order valence-corrected chi connectivity index (χ3v) is 5.56. The number of benzene rings is 1. The number of aryl methyl sites for hydroxylation is 1. The van der Waals surface area contributed by atoms with Gasteiger partial charge in [0.1, 0.15) is 4.88 Å². The van der Waals surface area contributed by atoms with E-state index >= 15 is 0 Å². The second-order valence-corrected chi connectivity index (χ2v) is 7.49. The van der Waals surface area contributed by atoms with Crippen LogP contribution < -0.4 is 10.6 Å². The average molecular weight is 404 g/mol. The zero-order chi connectivity index (χ0) is 20.1. The molecule has 0 radical (unpaired) electrons. The molecule has 0 unspecified atom stereocenters. The molecule has 7 heteroatoms. The first-order chi connectivity index (χ1) is 14.2. The molecule has 3 aromatic heterocycles. The van der Waals surface area contributed by atoms with Crippen molar-refractivity contribution in [3.63, 3.8) is 0 Å². The highest BCUT2D eigenvalue weighted by Crippen LogP contribution is 2.23. The van der Waals surface area contributed by atoms with Crippen molar-refractivity contribution >= 4 is 39.7 Å². The van der Waals surface area contributed by atoms with E-state index in [1.807, 2.05) is 18.3 Å². The van der Waals surface area contributed by atoms with E-state index in [2.05, 4.69) is 32.7 Å². The number of amides is 2. The fraction of sp³-hybridized carbons (Fsp3) is 0.136. The standard InChI is InChI=1S/C22H20N4O2S/c27-21(15-7-11-23-12-8-15)26-19-9-13-29-20(19)22(28)24-10-3-4-16-14-25-18-6-2-1-5-17(16)18/h1-2,5-9,11-14,25H,3-4,10H2,(H,24,28)(H,26,27). The van der Waals surface area contributed by atoms with Gasteiger partial charge in [0.25, 0.3) is 11.8 Å². The molecule has 6 nitrogen and oxygen atoms in total. The molecular weight excluding hydrogens is 384 g/mol. The van der Waals surface area contributed by atoms with Gasteiger partial charge in [0.15, 0.2) is 0 Å². The van der Waals surface area contributed by atoms with Crippen molar-refractivity contribution in [2.45, 2.75) is 12.8 Å². The van der Waals surface area contributed by atoms with Gasteiger partial charge >= 0.3 is 0 Å². The number of thiophene rings is 1. The van der Waals surface area contributed by atoms with E-state index in [9.17, 15) is 9.59 Å². The number of H-pyrrole nitrogens is 1. The van der Waals surface area contributed by atoms with Crippen LogP contribution in [0.25, 0.3) is 10.9 Å². The fourth-order valence-electron chi connectivity index (χ4n) is 3.18. The quantitative estimate of drug-likeness (QED) is 0.403. The van der Waals surface area contributed by atoms with E-state index < -0.39 is 0 Å². The smallest absolute Gasteiger partial charge is 0.263 e. The topological polar surface area (TPSA) is 86.9 Å². The van der Waals surface area contributed by atoms with Crippen molar-refractivity contribution in [3.8, 4) is 0 Å². The number of hydrogen-bond donors (Lipinski definition) is 3. The minimum Gasteiger partial charge on any atom is -0.361 e. The fourth-order valence-corrected chi connectivity index (χ4v) is 3.95. The Kier molecular flexibility index (Phi) is 5.67. The van der Waals surface area contributed by atoms with E-state index in [0.29, 0.717) is 22.7 Å². The van der Waals surface area contributed by atoms with E-state index in [0.717, 1.165) is 18.4 Å². The Hall–Kier alpha value is -3.45. The molecule has 2 amide bonds. The largest absolute Gasteiger partial charge is 0.361 e. The molecule has 0 saturated carbocycles. The van der Waals surface area contributed by atoms with Crippen LogP contribution in [-0.4, -0.2) is 28.3 Å². The summed E-state index contributed by atoms with van der Waals surface area (Å²) in [5, 5.41) is 8.76. The summed E-state index contributed by atoms with van der Waals surface area (Å²) in [7, 11) is 0.